The highest BCUT2D eigenvalue weighted by Crippen LogP contribution is 2.43. The Bertz CT molecular complexity index is 156. The molecule has 2 fully saturated rings. The Morgan fingerprint density at radius 3 is 2.60 bits per heavy atom. The van der Waals surface area contributed by atoms with Gasteiger partial charge < -0.3 is 9.84 Å². The summed E-state index contributed by atoms with van der Waals surface area (Å²) in [5, 5.41) is 8.43. The molecule has 0 spiro atoms. The Morgan fingerprint density at radius 2 is 2.10 bits per heavy atom. The van der Waals surface area contributed by atoms with Crippen molar-refractivity contribution in [3.63, 3.8) is 0 Å². The number of epoxide rings is 1. The highest BCUT2D eigenvalue weighted by atomic mass is 16.6. The third-order valence-electron chi connectivity index (χ3n) is 2.28. The fourth-order valence-electron chi connectivity index (χ4n) is 1.76. The van der Waals surface area contributed by atoms with E-state index in [4.69, 9.17) is 9.84 Å². The maximum absolute atomic E-state index is 10.2. The monoisotopic (exact) mass is 142 g/mol. The lowest BCUT2D eigenvalue weighted by Crippen LogP contribution is -2.06. The summed E-state index contributed by atoms with van der Waals surface area (Å²) in [5.74, 6) is -0.285. The number of rotatable bonds is 2. The van der Waals surface area contributed by atoms with Crippen LogP contribution in [0.25, 0.3) is 0 Å². The topological polar surface area (TPSA) is 49.8 Å². The molecule has 2 rings (SSSR count). The minimum Gasteiger partial charge on any atom is -0.481 e. The molecule has 0 bridgehead atoms. The standard InChI is InChI=1S/C7H10O3/c8-7(9)3-4-1-5-6(2-4)10-5/h4-6H,1-3H2,(H,8,9). The SMILES string of the molecule is O=C(O)CC1CC2OC2C1. The van der Waals surface area contributed by atoms with Crippen molar-refractivity contribution < 1.29 is 14.6 Å². The van der Waals surface area contributed by atoms with E-state index in [0.29, 0.717) is 24.5 Å². The molecule has 2 aliphatic rings. The second-order valence-corrected chi connectivity index (χ2v) is 3.15. The van der Waals surface area contributed by atoms with Crippen molar-refractivity contribution in [2.75, 3.05) is 0 Å². The van der Waals surface area contributed by atoms with Gasteiger partial charge in [0.1, 0.15) is 0 Å². The van der Waals surface area contributed by atoms with Gasteiger partial charge in [0.05, 0.1) is 12.2 Å². The van der Waals surface area contributed by atoms with Gasteiger partial charge in [0, 0.05) is 6.42 Å². The van der Waals surface area contributed by atoms with Crippen molar-refractivity contribution in [1.29, 1.82) is 0 Å². The molecule has 1 N–H and O–H groups in total. The lowest BCUT2D eigenvalue weighted by molar-refractivity contribution is -0.138. The van der Waals surface area contributed by atoms with Gasteiger partial charge in [0.2, 0.25) is 0 Å². The molecule has 0 radical (unpaired) electrons. The van der Waals surface area contributed by atoms with Crippen molar-refractivity contribution in [3.05, 3.63) is 0 Å². The Morgan fingerprint density at radius 1 is 1.50 bits per heavy atom. The minimum absolute atomic E-state index is 0.330. The van der Waals surface area contributed by atoms with Crippen LogP contribution in [0, 0.1) is 5.92 Å². The summed E-state index contributed by atoms with van der Waals surface area (Å²) in [5.41, 5.74) is 0. The molecule has 1 aliphatic heterocycles. The number of ether oxygens (including phenoxy) is 1. The molecule has 1 heterocycles. The molecule has 1 saturated heterocycles. The molecular formula is C7H10O3. The van der Waals surface area contributed by atoms with E-state index < -0.39 is 5.97 Å². The molecular weight excluding hydrogens is 132 g/mol. The molecule has 56 valence electrons. The molecule has 2 atom stereocenters. The molecule has 3 heteroatoms. The first-order valence-electron chi connectivity index (χ1n) is 3.63. The second kappa shape index (κ2) is 1.95. The van der Waals surface area contributed by atoms with E-state index in [1.54, 1.807) is 0 Å². The largest absolute Gasteiger partial charge is 0.481 e. The number of aliphatic carboxylic acids is 1. The van der Waals surface area contributed by atoms with Gasteiger partial charge in [-0.15, -0.1) is 0 Å². The first kappa shape index (κ1) is 6.16. The van der Waals surface area contributed by atoms with Gasteiger partial charge in [-0.05, 0) is 18.8 Å². The van der Waals surface area contributed by atoms with E-state index in [-0.39, 0.29) is 0 Å². The number of hydrogen-bond acceptors (Lipinski definition) is 2. The molecule has 1 saturated carbocycles. The summed E-state index contributed by atoms with van der Waals surface area (Å²) in [6.07, 6.45) is 3.11. The number of carboxylic acids is 1. The zero-order valence-corrected chi connectivity index (χ0v) is 5.62. The van der Waals surface area contributed by atoms with Crippen LogP contribution in [-0.4, -0.2) is 23.3 Å². The van der Waals surface area contributed by atoms with Gasteiger partial charge >= 0.3 is 5.97 Å². The smallest absolute Gasteiger partial charge is 0.303 e. The number of carboxylic acid groups (broad SMARTS) is 1. The Hall–Kier alpha value is -0.570. The summed E-state index contributed by atoms with van der Waals surface area (Å²) >= 11 is 0. The van der Waals surface area contributed by atoms with Crippen molar-refractivity contribution >= 4 is 5.97 Å². The van der Waals surface area contributed by atoms with Gasteiger partial charge in [-0.3, -0.25) is 4.79 Å². The van der Waals surface area contributed by atoms with Gasteiger partial charge in [0.25, 0.3) is 0 Å². The Balaban J connectivity index is 1.80. The molecule has 10 heavy (non-hydrogen) atoms. The molecule has 3 nitrogen and oxygen atoms in total. The van der Waals surface area contributed by atoms with Crippen molar-refractivity contribution in [1.82, 2.24) is 0 Å². The van der Waals surface area contributed by atoms with Crippen molar-refractivity contribution in [2.24, 2.45) is 5.92 Å². The molecule has 1 aliphatic carbocycles. The lowest BCUT2D eigenvalue weighted by atomic mass is 10.0. The second-order valence-electron chi connectivity index (χ2n) is 3.15. The van der Waals surface area contributed by atoms with E-state index in [1.165, 1.54) is 0 Å². The van der Waals surface area contributed by atoms with Gasteiger partial charge in [-0.2, -0.15) is 0 Å². The van der Waals surface area contributed by atoms with E-state index in [0.717, 1.165) is 12.8 Å². The van der Waals surface area contributed by atoms with Crippen LogP contribution < -0.4 is 0 Å². The van der Waals surface area contributed by atoms with E-state index in [9.17, 15) is 4.79 Å². The average molecular weight is 142 g/mol. The number of fused-ring (bicyclic) bond motifs is 1. The van der Waals surface area contributed by atoms with Gasteiger partial charge in [0.15, 0.2) is 0 Å². The normalized spacial score (nSPS) is 43.0. The van der Waals surface area contributed by atoms with Crippen LogP contribution in [0.2, 0.25) is 0 Å². The van der Waals surface area contributed by atoms with E-state index >= 15 is 0 Å². The first-order chi connectivity index (χ1) is 4.75. The highest BCUT2D eigenvalue weighted by molar-refractivity contribution is 5.67. The van der Waals surface area contributed by atoms with Crippen molar-refractivity contribution in [3.8, 4) is 0 Å². The Kier molecular flexibility index (Phi) is 1.20. The predicted molar refractivity (Wildman–Crippen MR) is 33.6 cm³/mol. The highest BCUT2D eigenvalue weighted by Gasteiger charge is 2.48. The minimum atomic E-state index is -0.675. The zero-order valence-electron chi connectivity index (χ0n) is 5.62. The van der Waals surface area contributed by atoms with Crippen molar-refractivity contribution in [2.45, 2.75) is 31.5 Å². The fourth-order valence-corrected chi connectivity index (χ4v) is 1.76. The zero-order chi connectivity index (χ0) is 7.14. The Labute approximate surface area is 59.0 Å². The summed E-state index contributed by atoms with van der Waals surface area (Å²) < 4.78 is 5.17. The predicted octanol–water partition coefficient (Wildman–Crippen LogP) is 0.638. The van der Waals surface area contributed by atoms with Crippen LogP contribution in [0.4, 0.5) is 0 Å². The number of carbonyl (C=O) groups is 1. The van der Waals surface area contributed by atoms with E-state index in [2.05, 4.69) is 0 Å². The molecule has 0 aromatic rings. The van der Waals surface area contributed by atoms with Crippen LogP contribution in [0.5, 0.6) is 0 Å². The molecule has 0 aromatic heterocycles. The van der Waals surface area contributed by atoms with Crippen LogP contribution in [0.1, 0.15) is 19.3 Å². The summed E-state index contributed by atoms with van der Waals surface area (Å²) in [4.78, 5) is 10.2. The summed E-state index contributed by atoms with van der Waals surface area (Å²) in [6.45, 7) is 0. The summed E-state index contributed by atoms with van der Waals surface area (Å²) in [6, 6.07) is 0. The average Bonchev–Trinajstić information content (AvgIpc) is 2.39. The van der Waals surface area contributed by atoms with Crippen LogP contribution in [0.3, 0.4) is 0 Å². The maximum atomic E-state index is 10.2. The maximum Gasteiger partial charge on any atom is 0.303 e. The summed E-state index contributed by atoms with van der Waals surface area (Å²) in [7, 11) is 0. The van der Waals surface area contributed by atoms with E-state index in [1.807, 2.05) is 0 Å². The number of hydrogen-bond donors (Lipinski definition) is 1. The molecule has 0 aromatic carbocycles. The van der Waals surface area contributed by atoms with Crippen LogP contribution in [-0.2, 0) is 9.53 Å². The van der Waals surface area contributed by atoms with Gasteiger partial charge in [-0.25, -0.2) is 0 Å². The molecule has 2 unspecified atom stereocenters. The van der Waals surface area contributed by atoms with Gasteiger partial charge in [-0.1, -0.05) is 0 Å². The van der Waals surface area contributed by atoms with Crippen LogP contribution in [0.15, 0.2) is 0 Å². The first-order valence-corrected chi connectivity index (χ1v) is 3.63. The quantitative estimate of drug-likeness (QED) is 0.575. The molecule has 0 amide bonds. The fraction of sp³-hybridized carbons (Fsp3) is 0.857. The third-order valence-corrected chi connectivity index (χ3v) is 2.28. The lowest BCUT2D eigenvalue weighted by Gasteiger charge is -2.05. The van der Waals surface area contributed by atoms with Crippen LogP contribution >= 0.6 is 0 Å². The third kappa shape index (κ3) is 1.01.